The van der Waals surface area contributed by atoms with Crippen LogP contribution in [0, 0.1) is 5.92 Å². The summed E-state index contributed by atoms with van der Waals surface area (Å²) in [7, 11) is 0. The normalized spacial score (nSPS) is 16.6. The summed E-state index contributed by atoms with van der Waals surface area (Å²) in [5.74, 6) is -1.05. The molecule has 2 N–H and O–H groups in total. The zero-order valence-corrected chi connectivity index (χ0v) is 6.82. The van der Waals surface area contributed by atoms with Gasteiger partial charge in [-0.25, -0.2) is 0 Å². The highest BCUT2D eigenvalue weighted by atomic mass is 16.4. The number of carboxylic acids is 1. The average molecular weight is 158 g/mol. The minimum atomic E-state index is -0.964. The maximum atomic E-state index is 10.1. The molecule has 64 valence electrons. The summed E-state index contributed by atoms with van der Waals surface area (Å²) in [5, 5.41) is 17.5. The monoisotopic (exact) mass is 158 g/mol. The fourth-order valence-corrected chi connectivity index (χ4v) is 0.797. The van der Waals surface area contributed by atoms with Gasteiger partial charge in [0.1, 0.15) is 0 Å². The lowest BCUT2D eigenvalue weighted by atomic mass is 10.0. The summed E-state index contributed by atoms with van der Waals surface area (Å²) in [6, 6.07) is 0. The number of hydrogen-bond acceptors (Lipinski definition) is 2. The number of hydrogen-bond donors (Lipinski definition) is 2. The lowest BCUT2D eigenvalue weighted by Gasteiger charge is -2.11. The van der Waals surface area contributed by atoms with Gasteiger partial charge < -0.3 is 10.2 Å². The van der Waals surface area contributed by atoms with Gasteiger partial charge in [0.05, 0.1) is 12.5 Å². The van der Waals surface area contributed by atoms with Crippen LogP contribution in [0.5, 0.6) is 0 Å². The van der Waals surface area contributed by atoms with E-state index in [2.05, 4.69) is 0 Å². The van der Waals surface area contributed by atoms with E-state index >= 15 is 0 Å². The Bertz CT molecular complexity index is 151. The van der Waals surface area contributed by atoms with Crippen molar-refractivity contribution in [3.05, 3.63) is 12.2 Å². The molecule has 0 aliphatic carbocycles. The summed E-state index contributed by atoms with van der Waals surface area (Å²) < 4.78 is 0. The number of carboxylic acid groups (broad SMARTS) is 1. The zero-order chi connectivity index (χ0) is 8.85. The molecule has 0 aliphatic rings. The van der Waals surface area contributed by atoms with E-state index in [9.17, 15) is 9.90 Å². The van der Waals surface area contributed by atoms with E-state index in [1.165, 1.54) is 0 Å². The van der Waals surface area contributed by atoms with Crippen molar-refractivity contribution in [2.24, 2.45) is 5.92 Å². The Kier molecular flexibility index (Phi) is 4.54. The third kappa shape index (κ3) is 4.56. The van der Waals surface area contributed by atoms with Crippen molar-refractivity contribution in [1.29, 1.82) is 0 Å². The molecule has 2 unspecified atom stereocenters. The lowest BCUT2D eigenvalue weighted by Crippen LogP contribution is -2.19. The molecule has 3 heteroatoms. The second kappa shape index (κ2) is 4.91. The van der Waals surface area contributed by atoms with E-state index in [0.29, 0.717) is 0 Å². The number of aliphatic carboxylic acids is 1. The predicted molar refractivity (Wildman–Crippen MR) is 42.2 cm³/mol. The molecule has 0 aromatic heterocycles. The van der Waals surface area contributed by atoms with Gasteiger partial charge in [0.25, 0.3) is 0 Å². The second-order valence-electron chi connectivity index (χ2n) is 2.55. The van der Waals surface area contributed by atoms with Crippen LogP contribution in [0.15, 0.2) is 12.2 Å². The summed E-state index contributed by atoms with van der Waals surface area (Å²) >= 11 is 0. The highest BCUT2D eigenvalue weighted by molar-refractivity contribution is 5.67. The highest BCUT2D eigenvalue weighted by Crippen LogP contribution is 2.07. The number of rotatable bonds is 4. The van der Waals surface area contributed by atoms with Crippen molar-refractivity contribution >= 4 is 5.97 Å². The molecule has 0 aromatic carbocycles. The molecule has 11 heavy (non-hydrogen) atoms. The molecule has 0 heterocycles. The average Bonchev–Trinajstić information content (AvgIpc) is 1.86. The van der Waals surface area contributed by atoms with Crippen molar-refractivity contribution < 1.29 is 15.0 Å². The van der Waals surface area contributed by atoms with Crippen LogP contribution >= 0.6 is 0 Å². The third-order valence-corrected chi connectivity index (χ3v) is 1.49. The fraction of sp³-hybridized carbons (Fsp3) is 0.625. The van der Waals surface area contributed by atoms with Gasteiger partial charge >= 0.3 is 5.97 Å². The molecular formula is C8H14O3. The SMILES string of the molecule is C/C=C\C(C)C(O)CC(=O)O. The van der Waals surface area contributed by atoms with Crippen molar-refractivity contribution in [2.75, 3.05) is 0 Å². The maximum Gasteiger partial charge on any atom is 0.305 e. The van der Waals surface area contributed by atoms with Gasteiger partial charge in [-0.2, -0.15) is 0 Å². The summed E-state index contributed by atoms with van der Waals surface area (Å²) in [5.41, 5.74) is 0. The second-order valence-corrected chi connectivity index (χ2v) is 2.55. The molecule has 2 atom stereocenters. The van der Waals surface area contributed by atoms with Gasteiger partial charge in [0.15, 0.2) is 0 Å². The van der Waals surface area contributed by atoms with Crippen molar-refractivity contribution in [2.45, 2.75) is 26.4 Å². The molecular weight excluding hydrogens is 144 g/mol. The summed E-state index contributed by atoms with van der Waals surface area (Å²) in [4.78, 5) is 10.1. The first-order chi connectivity index (χ1) is 5.07. The molecule has 0 bridgehead atoms. The topological polar surface area (TPSA) is 57.5 Å². The van der Waals surface area contributed by atoms with E-state index in [-0.39, 0.29) is 12.3 Å². The molecule has 0 rings (SSSR count). The Labute approximate surface area is 66.4 Å². The van der Waals surface area contributed by atoms with Crippen LogP contribution in [0.25, 0.3) is 0 Å². The van der Waals surface area contributed by atoms with Crippen LogP contribution in [0.3, 0.4) is 0 Å². The predicted octanol–water partition coefficient (Wildman–Crippen LogP) is 1.03. The van der Waals surface area contributed by atoms with Crippen LogP contribution < -0.4 is 0 Å². The van der Waals surface area contributed by atoms with E-state index in [1.807, 2.05) is 6.92 Å². The van der Waals surface area contributed by atoms with Crippen molar-refractivity contribution in [3.63, 3.8) is 0 Å². The van der Waals surface area contributed by atoms with Gasteiger partial charge in [-0.3, -0.25) is 4.79 Å². The molecule has 0 aromatic rings. The summed E-state index contributed by atoms with van der Waals surface area (Å²) in [6.07, 6.45) is 2.62. The molecule has 0 radical (unpaired) electrons. The van der Waals surface area contributed by atoms with Crippen molar-refractivity contribution in [1.82, 2.24) is 0 Å². The van der Waals surface area contributed by atoms with E-state index in [0.717, 1.165) is 0 Å². The van der Waals surface area contributed by atoms with Gasteiger partial charge in [0, 0.05) is 5.92 Å². The minimum Gasteiger partial charge on any atom is -0.481 e. The van der Waals surface area contributed by atoms with Crippen LogP contribution in [0.1, 0.15) is 20.3 Å². The Morgan fingerprint density at radius 3 is 2.55 bits per heavy atom. The quantitative estimate of drug-likeness (QED) is 0.601. The molecule has 3 nitrogen and oxygen atoms in total. The van der Waals surface area contributed by atoms with Gasteiger partial charge in [-0.1, -0.05) is 19.1 Å². The number of aliphatic hydroxyl groups excluding tert-OH is 1. The van der Waals surface area contributed by atoms with Crippen LogP contribution in [0.4, 0.5) is 0 Å². The van der Waals surface area contributed by atoms with Gasteiger partial charge in [-0.15, -0.1) is 0 Å². The van der Waals surface area contributed by atoms with Gasteiger partial charge in [-0.05, 0) is 6.92 Å². The molecule has 0 saturated heterocycles. The largest absolute Gasteiger partial charge is 0.481 e. The first-order valence-corrected chi connectivity index (χ1v) is 3.60. The summed E-state index contributed by atoms with van der Waals surface area (Å²) in [6.45, 7) is 3.62. The Balaban J connectivity index is 3.81. The van der Waals surface area contributed by atoms with Crippen LogP contribution in [0.2, 0.25) is 0 Å². The Morgan fingerprint density at radius 2 is 2.18 bits per heavy atom. The van der Waals surface area contributed by atoms with E-state index in [4.69, 9.17) is 5.11 Å². The first-order valence-electron chi connectivity index (χ1n) is 3.60. The molecule has 0 fully saturated rings. The third-order valence-electron chi connectivity index (χ3n) is 1.49. The molecule has 0 aliphatic heterocycles. The number of aliphatic hydroxyl groups is 1. The molecule has 0 amide bonds. The van der Waals surface area contributed by atoms with Crippen LogP contribution in [-0.4, -0.2) is 22.3 Å². The zero-order valence-electron chi connectivity index (χ0n) is 6.82. The molecule has 0 saturated carbocycles. The number of allylic oxidation sites excluding steroid dienone is 1. The fourth-order valence-electron chi connectivity index (χ4n) is 0.797. The lowest BCUT2D eigenvalue weighted by molar-refractivity contribution is -0.139. The minimum absolute atomic E-state index is 0.0869. The number of carbonyl (C=O) groups is 1. The van der Waals surface area contributed by atoms with Crippen molar-refractivity contribution in [3.8, 4) is 0 Å². The van der Waals surface area contributed by atoms with Gasteiger partial charge in [0.2, 0.25) is 0 Å². The van der Waals surface area contributed by atoms with E-state index < -0.39 is 12.1 Å². The molecule has 0 spiro atoms. The Hall–Kier alpha value is -0.830. The van der Waals surface area contributed by atoms with E-state index in [1.54, 1.807) is 19.1 Å². The first kappa shape index (κ1) is 10.2. The Morgan fingerprint density at radius 1 is 1.64 bits per heavy atom. The smallest absolute Gasteiger partial charge is 0.305 e. The standard InChI is InChI=1S/C8H14O3/c1-3-4-6(2)7(9)5-8(10)11/h3-4,6-7,9H,5H2,1-2H3,(H,10,11)/b4-3-. The van der Waals surface area contributed by atoms with Crippen LogP contribution in [-0.2, 0) is 4.79 Å². The maximum absolute atomic E-state index is 10.1. The highest BCUT2D eigenvalue weighted by Gasteiger charge is 2.14.